The largest absolute Gasteiger partial charge is 0.462 e. The van der Waals surface area contributed by atoms with Gasteiger partial charge >= 0.3 is 11.9 Å². The van der Waals surface area contributed by atoms with Crippen molar-refractivity contribution in [1.82, 2.24) is 4.90 Å². The van der Waals surface area contributed by atoms with Crippen LogP contribution in [0, 0.1) is 41.4 Å². The van der Waals surface area contributed by atoms with Gasteiger partial charge in [-0.15, -0.1) is 0 Å². The van der Waals surface area contributed by atoms with Gasteiger partial charge in [0.25, 0.3) is 0 Å². The summed E-state index contributed by atoms with van der Waals surface area (Å²) in [5, 5.41) is 21.6. The number of hydrogen-bond donors (Lipinski definition) is 4. The van der Waals surface area contributed by atoms with Gasteiger partial charge in [-0.2, -0.15) is 0 Å². The molecule has 7 aliphatic rings. The molecule has 0 bridgehead atoms. The molecule has 1 saturated carbocycles. The normalized spacial score (nSPS) is 42.3. The third-order valence-electron chi connectivity index (χ3n) is 14.3. The van der Waals surface area contributed by atoms with E-state index in [0.717, 1.165) is 56.7 Å². The number of piperidine rings is 1. The highest BCUT2D eigenvalue weighted by molar-refractivity contribution is 8.76. The molecule has 0 aromatic rings. The number of aliphatic hydroxyl groups excluding tert-OH is 2. The van der Waals surface area contributed by atoms with E-state index in [4.69, 9.17) is 19.9 Å². The van der Waals surface area contributed by atoms with E-state index in [2.05, 4.69) is 23.2 Å². The zero-order valence-electron chi connectivity index (χ0n) is 31.8. The summed E-state index contributed by atoms with van der Waals surface area (Å²) in [4.78, 5) is 43.1. The van der Waals surface area contributed by atoms with Crippen molar-refractivity contribution < 1.29 is 44.1 Å². The molecule has 5 heterocycles. The first kappa shape index (κ1) is 39.6. The Bertz CT molecular complexity index is 1450. The van der Waals surface area contributed by atoms with Crippen molar-refractivity contribution in [2.24, 2.45) is 47.2 Å². The Hall–Kier alpha value is -1.61. The number of aliphatic hydroxyl groups is 2. The van der Waals surface area contributed by atoms with Crippen LogP contribution in [-0.4, -0.2) is 106 Å². The first-order valence-electron chi connectivity index (χ1n) is 20.3. The molecule has 6 fully saturated rings. The molecule has 13 heteroatoms. The highest BCUT2D eigenvalue weighted by Gasteiger charge is 2.68. The SMILES string of the molecule is CC=C(C)C(=O)O[C@@]1(C)CC=C2CSSC[C@@H]3CCN3C(=O)CC3C[NH2+]C(N)CC3[C@@H]2[C@@]12CC1CC3CC(C[C@H](CO)CCCO)C(=O)OC3CC1O2. The second kappa shape index (κ2) is 16.5. The Labute approximate surface area is 322 Å². The van der Waals surface area contributed by atoms with Crippen molar-refractivity contribution in [3.05, 3.63) is 23.3 Å². The lowest BCUT2D eigenvalue weighted by molar-refractivity contribution is -0.706. The maximum absolute atomic E-state index is 13.9. The van der Waals surface area contributed by atoms with E-state index in [1.165, 1.54) is 5.57 Å². The van der Waals surface area contributed by atoms with Crippen LogP contribution in [-0.2, 0) is 28.6 Å². The summed E-state index contributed by atoms with van der Waals surface area (Å²) < 4.78 is 20.5. The molecule has 8 unspecified atom stereocenters. The second-order valence-electron chi connectivity index (χ2n) is 17.4. The van der Waals surface area contributed by atoms with Gasteiger partial charge in [-0.05, 0) is 89.4 Å². The number of fused-ring (bicyclic) bond motifs is 7. The van der Waals surface area contributed by atoms with Gasteiger partial charge in [0.05, 0.1) is 18.6 Å². The van der Waals surface area contributed by atoms with Gasteiger partial charge in [0.2, 0.25) is 5.91 Å². The summed E-state index contributed by atoms with van der Waals surface area (Å²) in [6.45, 7) is 7.38. The van der Waals surface area contributed by atoms with E-state index < -0.39 is 11.2 Å². The van der Waals surface area contributed by atoms with Crippen LogP contribution >= 0.6 is 21.6 Å². The Morgan fingerprint density at radius 1 is 1.17 bits per heavy atom. The minimum Gasteiger partial charge on any atom is -0.462 e. The Morgan fingerprint density at radius 3 is 2.74 bits per heavy atom. The number of quaternary nitrogens is 1. The number of hydrogen-bond acceptors (Lipinski definition) is 11. The number of ether oxygens (including phenoxy) is 3. The number of nitrogens with zero attached hydrogens (tertiary/aromatic N) is 1. The molecular weight excluding hydrogens is 715 g/mol. The lowest BCUT2D eigenvalue weighted by Crippen LogP contribution is -2.96. The number of esters is 2. The van der Waals surface area contributed by atoms with Gasteiger partial charge in [-0.1, -0.05) is 39.3 Å². The smallest absolute Gasteiger partial charge is 0.334 e. The standard InChI is InChI=1S/C40H61N3O8S2/c1-4-23(2)37(47)51-39(3)9-7-25-21-52-53-22-30-8-10-43(30)35(46)15-29-19-42-34(41)16-31(29)36(25)40(39)18-28-14-26-13-27(12-24(20-45)6-5-11-44)38(48)49-32(26)17-33(28)50-40/h4,7,24,26-34,36,42,44-45H,5-6,8-22,41H2,1-3H3/p+1/t24-,26?,27?,28?,29?,30+,31?,32?,33?,34?,36-,39+,40+/m1/s1. The fourth-order valence-corrected chi connectivity index (χ4v) is 13.7. The van der Waals surface area contributed by atoms with Crippen molar-refractivity contribution >= 4 is 39.4 Å². The molecule has 53 heavy (non-hydrogen) atoms. The first-order chi connectivity index (χ1) is 25.5. The summed E-state index contributed by atoms with van der Waals surface area (Å²) in [5.74, 6) is 1.58. The summed E-state index contributed by atoms with van der Waals surface area (Å²) in [7, 11) is 3.71. The van der Waals surface area contributed by atoms with Crippen LogP contribution in [0.1, 0.15) is 91.4 Å². The minimum absolute atomic E-state index is 0.00918. The average Bonchev–Trinajstić information content (AvgIpc) is 3.49. The van der Waals surface area contributed by atoms with Crippen LogP contribution < -0.4 is 11.1 Å². The van der Waals surface area contributed by atoms with Crippen LogP contribution in [0.4, 0.5) is 0 Å². The monoisotopic (exact) mass is 776 g/mol. The summed E-state index contributed by atoms with van der Waals surface area (Å²) >= 11 is 0. The highest BCUT2D eigenvalue weighted by Crippen LogP contribution is 2.62. The highest BCUT2D eigenvalue weighted by atomic mass is 33.1. The molecule has 1 amide bonds. The summed E-state index contributed by atoms with van der Waals surface area (Å²) in [6, 6.07) is 0.307. The van der Waals surface area contributed by atoms with E-state index >= 15 is 0 Å². The van der Waals surface area contributed by atoms with E-state index in [1.807, 2.05) is 28.5 Å². The number of amides is 1. The molecule has 5 aliphatic heterocycles. The zero-order chi connectivity index (χ0) is 37.5. The van der Waals surface area contributed by atoms with Crippen LogP contribution in [0.25, 0.3) is 0 Å². The topological polar surface area (TPSA) is 165 Å². The fourth-order valence-electron chi connectivity index (χ4n) is 11.1. The third-order valence-corrected chi connectivity index (χ3v) is 16.7. The molecule has 13 atom stereocenters. The maximum Gasteiger partial charge on any atom is 0.334 e. The third kappa shape index (κ3) is 7.75. The van der Waals surface area contributed by atoms with Crippen molar-refractivity contribution in [3.63, 3.8) is 0 Å². The lowest BCUT2D eigenvalue weighted by atomic mass is 9.56. The van der Waals surface area contributed by atoms with Crippen molar-refractivity contribution in [2.75, 3.05) is 37.8 Å². The molecule has 5 saturated heterocycles. The van der Waals surface area contributed by atoms with Crippen LogP contribution in [0.5, 0.6) is 0 Å². The average molecular weight is 777 g/mol. The number of carbonyl (C=O) groups excluding carboxylic acids is 3. The lowest BCUT2D eigenvalue weighted by Gasteiger charge is -2.56. The number of rotatable bonds is 8. The van der Waals surface area contributed by atoms with E-state index in [1.54, 1.807) is 13.0 Å². The van der Waals surface area contributed by atoms with Crippen LogP contribution in [0.2, 0.25) is 0 Å². The molecule has 0 aromatic heterocycles. The quantitative estimate of drug-likeness (QED) is 0.124. The van der Waals surface area contributed by atoms with Gasteiger partial charge < -0.3 is 34.6 Å². The van der Waals surface area contributed by atoms with Crippen molar-refractivity contribution in [1.29, 1.82) is 0 Å². The molecule has 11 nitrogen and oxygen atoms in total. The number of nitrogens with two attached hydrogens (primary N) is 2. The summed E-state index contributed by atoms with van der Waals surface area (Å²) in [5.41, 5.74) is 6.83. The van der Waals surface area contributed by atoms with Gasteiger partial charge in [0, 0.05) is 80.4 Å². The van der Waals surface area contributed by atoms with E-state index in [0.29, 0.717) is 50.1 Å². The van der Waals surface area contributed by atoms with Crippen molar-refractivity contribution in [2.45, 2.75) is 127 Å². The molecule has 6 N–H and O–H groups in total. The zero-order valence-corrected chi connectivity index (χ0v) is 33.4. The molecule has 7 rings (SSSR count). The number of allylic oxidation sites excluding steroid dienone is 1. The van der Waals surface area contributed by atoms with Gasteiger partial charge in [0.1, 0.15) is 23.5 Å². The van der Waals surface area contributed by atoms with Gasteiger partial charge in [-0.25, -0.2) is 4.79 Å². The Balaban J connectivity index is 1.23. The van der Waals surface area contributed by atoms with Crippen LogP contribution in [0.3, 0.4) is 0 Å². The second-order valence-corrected chi connectivity index (χ2v) is 19.9. The Kier molecular flexibility index (Phi) is 12.3. The fraction of sp³-hybridized carbons (Fsp3) is 0.825. The van der Waals surface area contributed by atoms with E-state index in [9.17, 15) is 24.6 Å². The first-order valence-corrected chi connectivity index (χ1v) is 22.8. The molecule has 0 aromatic carbocycles. The maximum atomic E-state index is 13.9. The molecule has 1 spiro atoms. The molecular formula is C40H62N3O8S2+. The molecule has 2 aliphatic carbocycles. The predicted molar refractivity (Wildman–Crippen MR) is 204 cm³/mol. The minimum atomic E-state index is -0.970. The Morgan fingerprint density at radius 2 is 2.00 bits per heavy atom. The van der Waals surface area contributed by atoms with Gasteiger partial charge in [-0.3, -0.25) is 15.3 Å². The van der Waals surface area contributed by atoms with Crippen molar-refractivity contribution in [3.8, 4) is 0 Å². The number of carbonyl (C=O) groups is 3. The van der Waals surface area contributed by atoms with E-state index in [-0.39, 0.29) is 90.9 Å². The van der Waals surface area contributed by atoms with Crippen LogP contribution in [0.15, 0.2) is 23.3 Å². The molecule has 0 radical (unpaired) electrons. The summed E-state index contributed by atoms with van der Waals surface area (Å²) in [6.07, 6.45) is 11.2. The van der Waals surface area contributed by atoms with Gasteiger partial charge in [0.15, 0.2) is 0 Å². The predicted octanol–water partition coefficient (Wildman–Crippen LogP) is 3.33. The molecule has 296 valence electrons.